The molecule has 1 saturated heterocycles. The first kappa shape index (κ1) is 19.9. The van der Waals surface area contributed by atoms with Crippen LogP contribution >= 0.6 is 0 Å². The highest BCUT2D eigenvalue weighted by Crippen LogP contribution is 2.45. The fourth-order valence-corrected chi connectivity index (χ4v) is 4.84. The van der Waals surface area contributed by atoms with Gasteiger partial charge in [-0.25, -0.2) is 0 Å². The molecule has 2 fully saturated rings. The predicted molar refractivity (Wildman–Crippen MR) is 95.3 cm³/mol. The molecule has 0 bridgehead atoms. The van der Waals surface area contributed by atoms with E-state index < -0.39 is 14.1 Å². The molecule has 6 heteroatoms. The number of fused-ring (bicyclic) bond motifs is 1. The summed E-state index contributed by atoms with van der Waals surface area (Å²) in [4.78, 5) is 11.8. The van der Waals surface area contributed by atoms with E-state index in [1.54, 1.807) is 0 Å². The second-order valence-electron chi connectivity index (χ2n) is 9.15. The number of ether oxygens (including phenoxy) is 3. The van der Waals surface area contributed by atoms with Crippen LogP contribution < -0.4 is 0 Å². The lowest BCUT2D eigenvalue weighted by atomic mass is 9.81. The van der Waals surface area contributed by atoms with Crippen LogP contribution in [0.1, 0.15) is 53.9 Å². The highest BCUT2D eigenvalue weighted by Gasteiger charge is 2.51. The smallest absolute Gasteiger partial charge is 0.305 e. The third-order valence-corrected chi connectivity index (χ3v) is 10.2. The SMILES string of the molecule is COC(=O)C[C@H]1C[C@@H](O[Si](C)(C)C(C)(C)C)C[C@@H]2OC(C)(C)O[C@H]12. The fraction of sp³-hybridized carbons (Fsp3) is 0.944. The van der Waals surface area contributed by atoms with Gasteiger partial charge in [0.15, 0.2) is 14.1 Å². The number of methoxy groups -OCH3 is 1. The minimum absolute atomic E-state index is 0.0156. The molecule has 0 unspecified atom stereocenters. The maximum Gasteiger partial charge on any atom is 0.305 e. The summed E-state index contributed by atoms with van der Waals surface area (Å²) in [5.41, 5.74) is 0. The van der Waals surface area contributed by atoms with E-state index in [0.29, 0.717) is 6.42 Å². The molecular weight excluding hydrogens is 324 g/mol. The van der Waals surface area contributed by atoms with Crippen LogP contribution in [0, 0.1) is 5.92 Å². The van der Waals surface area contributed by atoms with Gasteiger partial charge in [-0.3, -0.25) is 4.79 Å². The summed E-state index contributed by atoms with van der Waals surface area (Å²) in [6.45, 7) is 15.1. The molecule has 1 heterocycles. The largest absolute Gasteiger partial charge is 0.469 e. The molecule has 0 N–H and O–H groups in total. The lowest BCUT2D eigenvalue weighted by Crippen LogP contribution is -2.49. The Bertz CT molecular complexity index is 469. The molecule has 5 nitrogen and oxygen atoms in total. The van der Waals surface area contributed by atoms with E-state index in [1.165, 1.54) is 7.11 Å². The quantitative estimate of drug-likeness (QED) is 0.564. The van der Waals surface area contributed by atoms with E-state index in [0.717, 1.165) is 12.8 Å². The number of hydrogen-bond donors (Lipinski definition) is 0. The van der Waals surface area contributed by atoms with Crippen LogP contribution in [0.25, 0.3) is 0 Å². The van der Waals surface area contributed by atoms with Gasteiger partial charge in [0, 0.05) is 18.4 Å². The van der Waals surface area contributed by atoms with Crippen LogP contribution in [-0.2, 0) is 23.4 Å². The summed E-state index contributed by atoms with van der Waals surface area (Å²) in [7, 11) is -0.430. The third kappa shape index (κ3) is 4.39. The number of hydrogen-bond acceptors (Lipinski definition) is 5. The Morgan fingerprint density at radius 3 is 2.38 bits per heavy atom. The average Bonchev–Trinajstić information content (AvgIpc) is 2.71. The Hall–Kier alpha value is -0.433. The van der Waals surface area contributed by atoms with Gasteiger partial charge >= 0.3 is 5.97 Å². The first-order chi connectivity index (χ1) is 10.8. The molecule has 0 amide bonds. The van der Waals surface area contributed by atoms with Crippen LogP contribution in [0.15, 0.2) is 0 Å². The van der Waals surface area contributed by atoms with Crippen molar-refractivity contribution in [2.45, 2.75) is 96.1 Å². The lowest BCUT2D eigenvalue weighted by molar-refractivity contribution is -0.153. The van der Waals surface area contributed by atoms with Gasteiger partial charge in [0.2, 0.25) is 0 Å². The highest BCUT2D eigenvalue weighted by atomic mass is 28.4. The number of esters is 1. The molecule has 24 heavy (non-hydrogen) atoms. The van der Waals surface area contributed by atoms with E-state index in [2.05, 4.69) is 33.9 Å². The van der Waals surface area contributed by atoms with Crippen molar-refractivity contribution in [3.63, 3.8) is 0 Å². The molecule has 140 valence electrons. The van der Waals surface area contributed by atoms with Crippen LogP contribution in [-0.4, -0.2) is 45.5 Å². The zero-order chi connectivity index (χ0) is 18.3. The summed E-state index contributed by atoms with van der Waals surface area (Å²) in [6, 6.07) is 0. The van der Waals surface area contributed by atoms with Crippen LogP contribution in [0.4, 0.5) is 0 Å². The minimum atomic E-state index is -1.86. The first-order valence-corrected chi connectivity index (χ1v) is 11.9. The predicted octanol–water partition coefficient (Wildman–Crippen LogP) is 3.87. The van der Waals surface area contributed by atoms with Gasteiger partial charge in [0.05, 0.1) is 25.7 Å². The van der Waals surface area contributed by atoms with Gasteiger partial charge in [-0.15, -0.1) is 0 Å². The Labute approximate surface area is 147 Å². The summed E-state index contributed by atoms with van der Waals surface area (Å²) >= 11 is 0. The fourth-order valence-electron chi connectivity index (χ4n) is 3.46. The maximum absolute atomic E-state index is 11.8. The van der Waals surface area contributed by atoms with E-state index >= 15 is 0 Å². The monoisotopic (exact) mass is 358 g/mol. The second-order valence-corrected chi connectivity index (χ2v) is 13.9. The summed E-state index contributed by atoms with van der Waals surface area (Å²) < 4.78 is 23.7. The first-order valence-electron chi connectivity index (χ1n) is 8.95. The van der Waals surface area contributed by atoms with Crippen molar-refractivity contribution in [1.82, 2.24) is 0 Å². The van der Waals surface area contributed by atoms with E-state index in [9.17, 15) is 4.79 Å². The zero-order valence-electron chi connectivity index (χ0n) is 16.5. The maximum atomic E-state index is 11.8. The zero-order valence-corrected chi connectivity index (χ0v) is 17.5. The molecule has 2 aliphatic rings. The van der Waals surface area contributed by atoms with Crippen molar-refractivity contribution in [3.05, 3.63) is 0 Å². The van der Waals surface area contributed by atoms with Gasteiger partial charge in [-0.2, -0.15) is 0 Å². The summed E-state index contributed by atoms with van der Waals surface area (Å²) in [5, 5.41) is 0.161. The molecule has 1 aliphatic carbocycles. The standard InChI is InChI=1S/C18H34O5Si/c1-17(2,3)24(7,8)23-13-9-12(10-15(19)20-6)16-14(11-13)21-18(4,5)22-16/h12-14,16H,9-11H2,1-8H3/t12-,13-,14+,16-/m1/s1. The summed E-state index contributed by atoms with van der Waals surface area (Å²) in [5.74, 6) is -0.719. The molecule has 0 radical (unpaired) electrons. The van der Waals surface area contributed by atoms with Gasteiger partial charge < -0.3 is 18.6 Å². The van der Waals surface area contributed by atoms with Crippen molar-refractivity contribution in [1.29, 1.82) is 0 Å². The van der Waals surface area contributed by atoms with E-state index in [-0.39, 0.29) is 35.2 Å². The van der Waals surface area contributed by atoms with Crippen molar-refractivity contribution in [2.75, 3.05) is 7.11 Å². The number of rotatable bonds is 4. The van der Waals surface area contributed by atoms with Crippen molar-refractivity contribution < 1.29 is 23.4 Å². The number of carbonyl (C=O) groups excluding carboxylic acids is 1. The Morgan fingerprint density at radius 2 is 1.83 bits per heavy atom. The van der Waals surface area contributed by atoms with Gasteiger partial charge in [0.25, 0.3) is 0 Å². The van der Waals surface area contributed by atoms with Gasteiger partial charge in [0.1, 0.15) is 0 Å². The molecular formula is C18H34O5Si. The van der Waals surface area contributed by atoms with Crippen molar-refractivity contribution in [3.8, 4) is 0 Å². The summed E-state index contributed by atoms with van der Waals surface area (Å²) in [6.07, 6.45) is 2.05. The topological polar surface area (TPSA) is 54.0 Å². The van der Waals surface area contributed by atoms with Gasteiger partial charge in [-0.1, -0.05) is 20.8 Å². The second kappa shape index (κ2) is 6.70. The normalized spacial score (nSPS) is 33.2. The lowest BCUT2D eigenvalue weighted by Gasteiger charge is -2.43. The molecule has 1 saturated carbocycles. The van der Waals surface area contributed by atoms with E-state index in [1.807, 2.05) is 13.8 Å². The third-order valence-electron chi connectivity index (χ3n) is 5.67. The molecule has 0 spiro atoms. The van der Waals surface area contributed by atoms with Gasteiger partial charge in [-0.05, 0) is 38.4 Å². The minimum Gasteiger partial charge on any atom is -0.469 e. The number of carbonyl (C=O) groups is 1. The molecule has 0 aromatic heterocycles. The molecule has 0 aromatic carbocycles. The van der Waals surface area contributed by atoms with Crippen LogP contribution in [0.5, 0.6) is 0 Å². The Kier molecular flexibility index (Phi) is 5.56. The highest BCUT2D eigenvalue weighted by molar-refractivity contribution is 6.74. The van der Waals surface area contributed by atoms with Crippen LogP contribution in [0.2, 0.25) is 18.1 Å². The molecule has 0 aromatic rings. The average molecular weight is 359 g/mol. The van der Waals surface area contributed by atoms with Crippen molar-refractivity contribution >= 4 is 14.3 Å². The Balaban J connectivity index is 2.14. The van der Waals surface area contributed by atoms with E-state index in [4.69, 9.17) is 18.6 Å². The van der Waals surface area contributed by atoms with Crippen LogP contribution in [0.3, 0.4) is 0 Å². The molecule has 2 rings (SSSR count). The molecule has 1 aliphatic heterocycles. The Morgan fingerprint density at radius 1 is 1.21 bits per heavy atom. The van der Waals surface area contributed by atoms with Crippen molar-refractivity contribution in [2.24, 2.45) is 5.92 Å². The molecule has 4 atom stereocenters.